The summed E-state index contributed by atoms with van der Waals surface area (Å²) < 4.78 is 9.96. The summed E-state index contributed by atoms with van der Waals surface area (Å²) in [5.74, 6) is -2.97. The number of halogens is 1. The van der Waals surface area contributed by atoms with Crippen LogP contribution in [-0.2, 0) is 19.1 Å². The van der Waals surface area contributed by atoms with Crippen LogP contribution in [0.5, 0.6) is 0 Å². The van der Waals surface area contributed by atoms with Gasteiger partial charge >= 0.3 is 11.9 Å². The second kappa shape index (κ2) is 12.3. The highest BCUT2D eigenvalue weighted by atomic mass is 35.5. The number of carbonyl (C=O) groups is 5. The van der Waals surface area contributed by atoms with E-state index in [4.69, 9.17) is 21.1 Å². The third kappa shape index (κ3) is 6.02. The molecule has 0 saturated carbocycles. The number of esters is 2. The molecule has 0 spiro atoms. The lowest BCUT2D eigenvalue weighted by Crippen LogP contribution is -2.32. The summed E-state index contributed by atoms with van der Waals surface area (Å²) in [5, 5.41) is 5.23. The molecule has 3 amide bonds. The first-order valence-electron chi connectivity index (χ1n) is 12.2. The number of anilines is 3. The van der Waals surface area contributed by atoms with Crippen molar-refractivity contribution in [2.45, 2.75) is 13.8 Å². The van der Waals surface area contributed by atoms with E-state index >= 15 is 0 Å². The van der Waals surface area contributed by atoms with Crippen LogP contribution in [0, 0.1) is 0 Å². The first-order valence-corrected chi connectivity index (χ1v) is 12.6. The standard InChI is InChI=1S/C29H24ClN3O7/c1-3-39-28(37)18-7-5-9-21(15-18)32-25(34)17-11-13-20(14-12-17)31-24-23(30)26(35)33(27(24)36)22-10-6-8-19(16-22)29(38)40-4-2/h5-16,31H,3-4H2,1-2H3,(H,32,34). The van der Waals surface area contributed by atoms with Gasteiger partial charge in [0.2, 0.25) is 0 Å². The first-order chi connectivity index (χ1) is 19.2. The Balaban J connectivity index is 1.45. The van der Waals surface area contributed by atoms with E-state index in [0.29, 0.717) is 22.5 Å². The fourth-order valence-electron chi connectivity index (χ4n) is 3.82. The predicted molar refractivity (Wildman–Crippen MR) is 148 cm³/mol. The van der Waals surface area contributed by atoms with Crippen molar-refractivity contribution in [3.63, 3.8) is 0 Å². The molecule has 40 heavy (non-hydrogen) atoms. The van der Waals surface area contributed by atoms with Crippen LogP contribution in [0.1, 0.15) is 44.9 Å². The summed E-state index contributed by atoms with van der Waals surface area (Å²) in [5.41, 5.74) is 1.61. The fourth-order valence-corrected chi connectivity index (χ4v) is 4.04. The van der Waals surface area contributed by atoms with E-state index in [9.17, 15) is 24.0 Å². The van der Waals surface area contributed by atoms with Gasteiger partial charge in [0.15, 0.2) is 0 Å². The van der Waals surface area contributed by atoms with Crippen molar-refractivity contribution in [3.05, 3.63) is 100 Å². The molecule has 10 nitrogen and oxygen atoms in total. The van der Waals surface area contributed by atoms with E-state index in [1.165, 1.54) is 42.5 Å². The van der Waals surface area contributed by atoms with Gasteiger partial charge in [0.05, 0.1) is 30.0 Å². The maximum absolute atomic E-state index is 13.1. The summed E-state index contributed by atoms with van der Waals surface area (Å²) in [4.78, 5) is 63.6. The molecule has 0 aliphatic carbocycles. The van der Waals surface area contributed by atoms with Gasteiger partial charge in [-0.15, -0.1) is 0 Å². The molecule has 2 N–H and O–H groups in total. The minimum atomic E-state index is -0.753. The number of rotatable bonds is 9. The topological polar surface area (TPSA) is 131 Å². The van der Waals surface area contributed by atoms with Crippen molar-refractivity contribution >= 4 is 58.3 Å². The van der Waals surface area contributed by atoms with Crippen molar-refractivity contribution in [1.82, 2.24) is 0 Å². The van der Waals surface area contributed by atoms with Gasteiger partial charge in [0, 0.05) is 16.9 Å². The molecule has 1 heterocycles. The quantitative estimate of drug-likeness (QED) is 0.283. The van der Waals surface area contributed by atoms with Gasteiger partial charge in [-0.2, -0.15) is 0 Å². The van der Waals surface area contributed by atoms with E-state index < -0.39 is 29.7 Å². The Labute approximate surface area is 234 Å². The molecule has 204 valence electrons. The minimum absolute atomic E-state index is 0.152. The maximum Gasteiger partial charge on any atom is 0.338 e. The number of imide groups is 1. The molecule has 1 aliphatic rings. The minimum Gasteiger partial charge on any atom is -0.462 e. The fraction of sp³-hybridized carbons (Fsp3) is 0.138. The smallest absolute Gasteiger partial charge is 0.338 e. The van der Waals surface area contributed by atoms with E-state index in [2.05, 4.69) is 10.6 Å². The van der Waals surface area contributed by atoms with Gasteiger partial charge in [-0.25, -0.2) is 14.5 Å². The Bertz CT molecular complexity index is 1530. The lowest BCUT2D eigenvalue weighted by molar-refractivity contribution is -0.120. The Kier molecular flexibility index (Phi) is 8.60. The molecule has 0 aromatic heterocycles. The SMILES string of the molecule is CCOC(=O)c1cccc(NC(=O)c2ccc(NC3=C(Cl)C(=O)N(c4cccc(C(=O)OCC)c4)C3=O)cc2)c1. The van der Waals surface area contributed by atoms with E-state index in [1.54, 1.807) is 44.2 Å². The summed E-state index contributed by atoms with van der Waals surface area (Å²) in [7, 11) is 0. The number of nitrogens with zero attached hydrogens (tertiary/aromatic N) is 1. The van der Waals surface area contributed by atoms with Gasteiger partial charge in [-0.1, -0.05) is 23.7 Å². The molecular weight excluding hydrogens is 538 g/mol. The average Bonchev–Trinajstić information content (AvgIpc) is 3.16. The van der Waals surface area contributed by atoms with Crippen molar-refractivity contribution in [2.75, 3.05) is 28.7 Å². The number of ether oxygens (including phenoxy) is 2. The molecular formula is C29H24ClN3O7. The number of amides is 3. The third-order valence-corrected chi connectivity index (χ3v) is 6.04. The van der Waals surface area contributed by atoms with Gasteiger partial charge in [0.1, 0.15) is 10.7 Å². The van der Waals surface area contributed by atoms with Crippen LogP contribution in [0.4, 0.5) is 17.1 Å². The van der Waals surface area contributed by atoms with Gasteiger partial charge in [0.25, 0.3) is 17.7 Å². The molecule has 0 bridgehead atoms. The molecule has 0 saturated heterocycles. The Morgan fingerprint density at radius 2 is 1.35 bits per heavy atom. The molecule has 0 fully saturated rings. The van der Waals surface area contributed by atoms with Crippen LogP contribution in [0.2, 0.25) is 0 Å². The van der Waals surface area contributed by atoms with Gasteiger partial charge in [-0.05, 0) is 74.5 Å². The van der Waals surface area contributed by atoms with Gasteiger partial charge < -0.3 is 20.1 Å². The molecule has 3 aromatic rings. The van der Waals surface area contributed by atoms with Crippen molar-refractivity contribution in [3.8, 4) is 0 Å². The number of nitrogens with one attached hydrogen (secondary N) is 2. The number of hydrogen-bond donors (Lipinski definition) is 2. The predicted octanol–water partition coefficient (Wildman–Crippen LogP) is 4.73. The number of benzene rings is 3. The van der Waals surface area contributed by atoms with Crippen LogP contribution < -0.4 is 15.5 Å². The zero-order chi connectivity index (χ0) is 28.8. The lowest BCUT2D eigenvalue weighted by atomic mass is 10.1. The highest BCUT2D eigenvalue weighted by molar-refractivity contribution is 6.53. The highest BCUT2D eigenvalue weighted by Crippen LogP contribution is 2.31. The Hall–Kier alpha value is -4.96. The zero-order valence-corrected chi connectivity index (χ0v) is 22.3. The zero-order valence-electron chi connectivity index (χ0n) is 21.5. The average molecular weight is 562 g/mol. The van der Waals surface area contributed by atoms with Crippen molar-refractivity contribution in [1.29, 1.82) is 0 Å². The van der Waals surface area contributed by atoms with Crippen molar-refractivity contribution in [2.24, 2.45) is 0 Å². The third-order valence-electron chi connectivity index (χ3n) is 5.69. The molecule has 0 unspecified atom stereocenters. The Morgan fingerprint density at radius 3 is 1.98 bits per heavy atom. The van der Waals surface area contributed by atoms with Crippen LogP contribution in [0.3, 0.4) is 0 Å². The molecule has 3 aromatic carbocycles. The summed E-state index contributed by atoms with van der Waals surface area (Å²) in [6.45, 7) is 3.78. The van der Waals surface area contributed by atoms with Crippen LogP contribution in [0.25, 0.3) is 0 Å². The monoisotopic (exact) mass is 561 g/mol. The molecule has 0 atom stereocenters. The largest absolute Gasteiger partial charge is 0.462 e. The van der Waals surface area contributed by atoms with Crippen molar-refractivity contribution < 1.29 is 33.4 Å². The normalized spacial score (nSPS) is 12.8. The van der Waals surface area contributed by atoms with Crippen LogP contribution in [-0.4, -0.2) is 42.9 Å². The second-order valence-electron chi connectivity index (χ2n) is 8.36. The molecule has 0 radical (unpaired) electrons. The summed E-state index contributed by atoms with van der Waals surface area (Å²) in [6.07, 6.45) is 0. The second-order valence-corrected chi connectivity index (χ2v) is 8.74. The summed E-state index contributed by atoms with van der Waals surface area (Å²) >= 11 is 6.21. The van der Waals surface area contributed by atoms with E-state index in [0.717, 1.165) is 4.90 Å². The number of carbonyl (C=O) groups excluding carboxylic acids is 5. The molecule has 11 heteroatoms. The van der Waals surface area contributed by atoms with Crippen LogP contribution >= 0.6 is 11.6 Å². The molecule has 4 rings (SSSR count). The lowest BCUT2D eigenvalue weighted by Gasteiger charge is -2.16. The number of hydrogen-bond acceptors (Lipinski definition) is 8. The molecule has 1 aliphatic heterocycles. The maximum atomic E-state index is 13.1. The highest BCUT2D eigenvalue weighted by Gasteiger charge is 2.39. The van der Waals surface area contributed by atoms with E-state index in [1.807, 2.05) is 0 Å². The first kappa shape index (κ1) is 28.1. The van der Waals surface area contributed by atoms with Crippen LogP contribution in [0.15, 0.2) is 83.5 Å². The van der Waals surface area contributed by atoms with E-state index in [-0.39, 0.29) is 35.2 Å². The van der Waals surface area contributed by atoms with Gasteiger partial charge in [-0.3, -0.25) is 14.4 Å². The Morgan fingerprint density at radius 1 is 0.750 bits per heavy atom. The summed E-state index contributed by atoms with van der Waals surface area (Å²) in [6, 6.07) is 18.4.